The van der Waals surface area contributed by atoms with Crippen LogP contribution in [0.5, 0.6) is 0 Å². The molecule has 0 radical (unpaired) electrons. The molecule has 0 bridgehead atoms. The molecule has 1 fully saturated rings. The first-order chi connectivity index (χ1) is 9.08. The number of aryl methyl sites for hydroxylation is 1. The Hall–Kier alpha value is -1.11. The van der Waals surface area contributed by atoms with E-state index in [9.17, 15) is 4.79 Å². The average Bonchev–Trinajstić information content (AvgIpc) is 2.40. The van der Waals surface area contributed by atoms with Gasteiger partial charge < -0.3 is 0 Å². The van der Waals surface area contributed by atoms with Gasteiger partial charge in [0.2, 0.25) is 0 Å². The van der Waals surface area contributed by atoms with Crippen molar-refractivity contribution in [3.8, 4) is 0 Å². The monoisotopic (exact) mass is 258 g/mol. The largest absolute Gasteiger partial charge is 0.300 e. The lowest BCUT2D eigenvalue weighted by atomic mass is 9.67. The predicted molar refractivity (Wildman–Crippen MR) is 80.1 cm³/mol. The van der Waals surface area contributed by atoms with Crippen LogP contribution in [0, 0.1) is 11.3 Å². The third-order valence-electron chi connectivity index (χ3n) is 4.74. The molecule has 0 spiro atoms. The van der Waals surface area contributed by atoms with Crippen molar-refractivity contribution >= 4 is 5.78 Å². The molecule has 104 valence electrons. The van der Waals surface area contributed by atoms with Gasteiger partial charge in [-0.15, -0.1) is 0 Å². The highest BCUT2D eigenvalue weighted by atomic mass is 16.1. The molecule has 0 unspecified atom stereocenters. The van der Waals surface area contributed by atoms with Crippen molar-refractivity contribution in [2.75, 3.05) is 0 Å². The molecule has 1 aliphatic rings. The zero-order chi connectivity index (χ0) is 13.7. The zero-order valence-electron chi connectivity index (χ0n) is 12.3. The second-order valence-electron chi connectivity index (χ2n) is 6.66. The van der Waals surface area contributed by atoms with Crippen molar-refractivity contribution in [3.63, 3.8) is 0 Å². The first-order valence-corrected chi connectivity index (χ1v) is 7.63. The maximum atomic E-state index is 11.6. The highest BCUT2D eigenvalue weighted by Gasteiger charge is 2.34. The fourth-order valence-electron chi connectivity index (χ4n) is 3.18. The van der Waals surface area contributed by atoms with Gasteiger partial charge in [0.25, 0.3) is 0 Å². The Kier molecular flexibility index (Phi) is 4.79. The fraction of sp³-hybridized carbons (Fsp3) is 0.611. The van der Waals surface area contributed by atoms with Gasteiger partial charge in [-0.1, -0.05) is 50.6 Å². The van der Waals surface area contributed by atoms with Gasteiger partial charge >= 0.3 is 0 Å². The third-order valence-corrected chi connectivity index (χ3v) is 4.74. The van der Waals surface area contributed by atoms with Crippen LogP contribution in [0.1, 0.15) is 57.9 Å². The number of carbonyl (C=O) groups excluding carboxylic acids is 1. The van der Waals surface area contributed by atoms with E-state index in [0.717, 1.165) is 19.3 Å². The van der Waals surface area contributed by atoms with Crippen molar-refractivity contribution in [1.82, 2.24) is 0 Å². The summed E-state index contributed by atoms with van der Waals surface area (Å²) in [6, 6.07) is 10.7. The van der Waals surface area contributed by atoms with Crippen LogP contribution in [0.25, 0.3) is 0 Å². The van der Waals surface area contributed by atoms with E-state index in [0.29, 0.717) is 17.1 Å². The number of unbranched alkanes of at least 4 members (excludes halogenated alkanes) is 1. The maximum Gasteiger partial charge on any atom is 0.133 e. The summed E-state index contributed by atoms with van der Waals surface area (Å²) in [5.41, 5.74) is 1.79. The Morgan fingerprint density at radius 1 is 1.16 bits per heavy atom. The first-order valence-electron chi connectivity index (χ1n) is 7.63. The van der Waals surface area contributed by atoms with Gasteiger partial charge in [0.15, 0.2) is 0 Å². The van der Waals surface area contributed by atoms with E-state index in [1.807, 2.05) is 0 Å². The van der Waals surface area contributed by atoms with Crippen molar-refractivity contribution < 1.29 is 4.79 Å². The number of hydrogen-bond acceptors (Lipinski definition) is 1. The molecular weight excluding hydrogens is 232 g/mol. The summed E-state index contributed by atoms with van der Waals surface area (Å²) in [5, 5.41) is 0. The topological polar surface area (TPSA) is 17.1 Å². The molecule has 1 heteroatoms. The molecule has 1 saturated carbocycles. The Bertz CT molecular complexity index is 405. The van der Waals surface area contributed by atoms with Crippen LogP contribution in [-0.4, -0.2) is 5.78 Å². The molecule has 2 rings (SSSR count). The minimum atomic E-state index is 0.362. The minimum absolute atomic E-state index is 0.362. The average molecular weight is 258 g/mol. The summed E-state index contributed by atoms with van der Waals surface area (Å²) in [4.78, 5) is 11.6. The van der Waals surface area contributed by atoms with E-state index < -0.39 is 0 Å². The van der Waals surface area contributed by atoms with Crippen LogP contribution in [0.4, 0.5) is 0 Å². The lowest BCUT2D eigenvalue weighted by molar-refractivity contribution is -0.124. The lowest BCUT2D eigenvalue weighted by Gasteiger charge is -2.38. The van der Waals surface area contributed by atoms with Crippen LogP contribution in [0.3, 0.4) is 0 Å². The molecule has 0 amide bonds. The van der Waals surface area contributed by atoms with Gasteiger partial charge in [0.1, 0.15) is 5.78 Å². The lowest BCUT2D eigenvalue weighted by Crippen LogP contribution is -2.32. The van der Waals surface area contributed by atoms with E-state index in [2.05, 4.69) is 44.2 Å². The summed E-state index contributed by atoms with van der Waals surface area (Å²) < 4.78 is 0. The number of Topliss-reactive ketones (excluding diaryl/α,β-unsaturated/α-hetero) is 1. The van der Waals surface area contributed by atoms with Gasteiger partial charge in [-0.05, 0) is 42.6 Å². The van der Waals surface area contributed by atoms with E-state index >= 15 is 0 Å². The highest BCUT2D eigenvalue weighted by Crippen LogP contribution is 2.41. The number of hydrogen-bond donors (Lipinski definition) is 0. The Morgan fingerprint density at radius 2 is 1.89 bits per heavy atom. The molecule has 0 saturated heterocycles. The number of carbonyl (C=O) groups is 1. The van der Waals surface area contributed by atoms with Crippen molar-refractivity contribution in [3.05, 3.63) is 35.9 Å². The second kappa shape index (κ2) is 6.36. The molecule has 19 heavy (non-hydrogen) atoms. The number of rotatable bonds is 5. The molecule has 1 nitrogen and oxygen atoms in total. The molecule has 0 heterocycles. The number of ketones is 1. The summed E-state index contributed by atoms with van der Waals surface area (Å²) in [6.45, 7) is 4.67. The van der Waals surface area contributed by atoms with E-state index in [-0.39, 0.29) is 0 Å². The highest BCUT2D eigenvalue weighted by molar-refractivity contribution is 5.79. The van der Waals surface area contributed by atoms with Crippen LogP contribution >= 0.6 is 0 Å². The fourth-order valence-corrected chi connectivity index (χ4v) is 3.18. The standard InChI is InChI=1S/C18H26O/c1-18(2)13-12-17(19)14-16(18)11-7-6-10-15-8-4-3-5-9-15/h3-5,8-9,16H,6-7,10-14H2,1-2H3/t16-/m1/s1. The summed E-state index contributed by atoms with van der Waals surface area (Å²) >= 11 is 0. The van der Waals surface area contributed by atoms with Gasteiger partial charge in [-0.3, -0.25) is 4.79 Å². The summed E-state index contributed by atoms with van der Waals surface area (Å²) in [6.07, 6.45) is 7.57. The van der Waals surface area contributed by atoms with Crippen LogP contribution < -0.4 is 0 Å². The van der Waals surface area contributed by atoms with Crippen molar-refractivity contribution in [2.45, 2.75) is 58.8 Å². The van der Waals surface area contributed by atoms with Gasteiger partial charge in [0, 0.05) is 12.8 Å². The van der Waals surface area contributed by atoms with E-state index in [4.69, 9.17) is 0 Å². The van der Waals surface area contributed by atoms with Gasteiger partial charge in [0.05, 0.1) is 0 Å². The molecule has 0 aliphatic heterocycles. The maximum absolute atomic E-state index is 11.6. The zero-order valence-corrected chi connectivity index (χ0v) is 12.3. The molecule has 1 aromatic carbocycles. The third kappa shape index (κ3) is 4.19. The van der Waals surface area contributed by atoms with E-state index in [1.54, 1.807) is 0 Å². The molecular formula is C18H26O. The quantitative estimate of drug-likeness (QED) is 0.694. The summed E-state index contributed by atoms with van der Waals surface area (Å²) in [5.74, 6) is 1.08. The SMILES string of the molecule is CC1(C)CCC(=O)C[C@H]1CCCCc1ccccc1. The predicted octanol–water partition coefficient (Wildman–Crippen LogP) is 4.79. The molecule has 0 N–H and O–H groups in total. The number of benzene rings is 1. The molecule has 0 aromatic heterocycles. The first kappa shape index (κ1) is 14.3. The van der Waals surface area contributed by atoms with Crippen LogP contribution in [0.15, 0.2) is 30.3 Å². The summed E-state index contributed by atoms with van der Waals surface area (Å²) in [7, 11) is 0. The minimum Gasteiger partial charge on any atom is -0.300 e. The smallest absolute Gasteiger partial charge is 0.133 e. The van der Waals surface area contributed by atoms with Gasteiger partial charge in [-0.2, -0.15) is 0 Å². The second-order valence-corrected chi connectivity index (χ2v) is 6.66. The van der Waals surface area contributed by atoms with Gasteiger partial charge in [-0.25, -0.2) is 0 Å². The van der Waals surface area contributed by atoms with Crippen LogP contribution in [0.2, 0.25) is 0 Å². The normalized spacial score (nSPS) is 22.4. The van der Waals surface area contributed by atoms with Crippen LogP contribution in [-0.2, 0) is 11.2 Å². The van der Waals surface area contributed by atoms with E-state index in [1.165, 1.54) is 31.2 Å². The Morgan fingerprint density at radius 3 is 2.63 bits per heavy atom. The Labute approximate surface area is 117 Å². The Balaban J connectivity index is 1.74. The van der Waals surface area contributed by atoms with Crippen molar-refractivity contribution in [2.24, 2.45) is 11.3 Å². The molecule has 1 atom stereocenters. The molecule has 1 aliphatic carbocycles. The molecule has 1 aromatic rings. The van der Waals surface area contributed by atoms with Crippen molar-refractivity contribution in [1.29, 1.82) is 0 Å².